The summed E-state index contributed by atoms with van der Waals surface area (Å²) < 4.78 is 10.1. The first-order chi connectivity index (χ1) is 11.9. The van der Waals surface area contributed by atoms with Crippen LogP contribution in [0, 0.1) is 0 Å². The van der Waals surface area contributed by atoms with Gasteiger partial charge in [0.2, 0.25) is 11.8 Å². The topological polar surface area (TPSA) is 93.7 Å². The van der Waals surface area contributed by atoms with E-state index in [1.54, 1.807) is 25.1 Å². The molecule has 0 unspecified atom stereocenters. The number of hydrogen-bond donors (Lipinski definition) is 2. The Bertz CT molecular complexity index is 610. The van der Waals surface area contributed by atoms with E-state index in [9.17, 15) is 14.4 Å². The Kier molecular flexibility index (Phi) is 9.72. The highest BCUT2D eigenvalue weighted by Gasteiger charge is 2.09. The average Bonchev–Trinajstić information content (AvgIpc) is 2.56. The zero-order valence-corrected chi connectivity index (χ0v) is 15.3. The van der Waals surface area contributed by atoms with Gasteiger partial charge >= 0.3 is 5.97 Å². The second kappa shape index (κ2) is 11.5. The van der Waals surface area contributed by atoms with Gasteiger partial charge in [-0.05, 0) is 31.5 Å². The van der Waals surface area contributed by atoms with Crippen LogP contribution >= 0.6 is 23.2 Å². The van der Waals surface area contributed by atoms with Gasteiger partial charge in [0.25, 0.3) is 0 Å². The Labute approximate surface area is 155 Å². The van der Waals surface area contributed by atoms with Crippen molar-refractivity contribution >= 4 is 41.0 Å². The normalized spacial score (nSPS) is 10.0. The van der Waals surface area contributed by atoms with E-state index in [2.05, 4.69) is 10.9 Å². The molecule has 0 aliphatic carbocycles. The van der Waals surface area contributed by atoms with Crippen LogP contribution in [0.4, 0.5) is 0 Å². The predicted molar refractivity (Wildman–Crippen MR) is 93.3 cm³/mol. The number of hydrogen-bond acceptors (Lipinski definition) is 5. The molecule has 9 heteroatoms. The van der Waals surface area contributed by atoms with E-state index < -0.39 is 11.9 Å². The number of esters is 1. The van der Waals surface area contributed by atoms with Crippen molar-refractivity contribution in [3.05, 3.63) is 28.2 Å². The Morgan fingerprint density at radius 1 is 1.04 bits per heavy atom. The van der Waals surface area contributed by atoms with Crippen LogP contribution in [0.25, 0.3) is 0 Å². The van der Waals surface area contributed by atoms with E-state index >= 15 is 0 Å². The molecule has 0 radical (unpaired) electrons. The maximum atomic E-state index is 11.6. The lowest BCUT2D eigenvalue weighted by Gasteiger charge is -2.09. The molecule has 0 aliphatic rings. The van der Waals surface area contributed by atoms with Gasteiger partial charge in [0, 0.05) is 17.9 Å². The minimum atomic E-state index is -0.467. The third-order valence-corrected chi connectivity index (χ3v) is 3.43. The Morgan fingerprint density at radius 3 is 2.36 bits per heavy atom. The van der Waals surface area contributed by atoms with Gasteiger partial charge in [-0.25, -0.2) is 0 Å². The molecule has 1 aromatic carbocycles. The molecule has 0 bridgehead atoms. The molecule has 0 aliphatic heterocycles. The first kappa shape index (κ1) is 21.1. The highest BCUT2D eigenvalue weighted by atomic mass is 35.5. The maximum Gasteiger partial charge on any atom is 0.306 e. The van der Waals surface area contributed by atoms with Gasteiger partial charge in [-0.3, -0.25) is 25.2 Å². The van der Waals surface area contributed by atoms with Crippen LogP contribution in [0.15, 0.2) is 18.2 Å². The molecule has 1 aromatic rings. The van der Waals surface area contributed by atoms with Crippen molar-refractivity contribution in [3.63, 3.8) is 0 Å². The third-order valence-electron chi connectivity index (χ3n) is 2.90. The molecule has 0 heterocycles. The van der Waals surface area contributed by atoms with Gasteiger partial charge in [0.15, 0.2) is 0 Å². The van der Waals surface area contributed by atoms with Crippen molar-refractivity contribution in [3.8, 4) is 5.75 Å². The van der Waals surface area contributed by atoms with Crippen molar-refractivity contribution in [1.82, 2.24) is 10.9 Å². The Morgan fingerprint density at radius 2 is 1.72 bits per heavy atom. The summed E-state index contributed by atoms with van der Waals surface area (Å²) in [5.74, 6) is -0.804. The van der Waals surface area contributed by atoms with Gasteiger partial charge in [-0.1, -0.05) is 23.2 Å². The molecule has 0 fully saturated rings. The fraction of sp³-hybridized carbons (Fsp3) is 0.438. The lowest BCUT2D eigenvalue weighted by molar-refractivity contribution is -0.144. The summed E-state index contributed by atoms with van der Waals surface area (Å²) in [5, 5.41) is 0.904. The minimum Gasteiger partial charge on any atom is -0.492 e. The summed E-state index contributed by atoms with van der Waals surface area (Å²) in [7, 11) is 0. The van der Waals surface area contributed by atoms with Gasteiger partial charge < -0.3 is 9.47 Å². The van der Waals surface area contributed by atoms with E-state index in [0.717, 1.165) is 0 Å². The van der Waals surface area contributed by atoms with Gasteiger partial charge in [0.1, 0.15) is 5.75 Å². The van der Waals surface area contributed by atoms with Crippen LogP contribution in [0.2, 0.25) is 10.0 Å². The van der Waals surface area contributed by atoms with Crippen LogP contribution in [0.1, 0.15) is 32.6 Å². The molecule has 2 amide bonds. The number of nitrogens with one attached hydrogen (secondary N) is 2. The van der Waals surface area contributed by atoms with Crippen LogP contribution in [0.3, 0.4) is 0 Å². The summed E-state index contributed by atoms with van der Waals surface area (Å²) in [5.41, 5.74) is 4.50. The zero-order chi connectivity index (χ0) is 18.7. The standard InChI is InChI=1S/C16H20Cl2N2O5/c1-2-24-16(23)8-7-15(22)20-19-14(21)4-3-9-25-13-6-5-11(17)10-12(13)18/h5-6,10H,2-4,7-9H2,1H3,(H,19,21)(H,20,22). The lowest BCUT2D eigenvalue weighted by Crippen LogP contribution is -2.41. The first-order valence-electron chi connectivity index (χ1n) is 7.73. The maximum absolute atomic E-state index is 11.6. The van der Waals surface area contributed by atoms with E-state index in [-0.39, 0.29) is 38.4 Å². The molecule has 25 heavy (non-hydrogen) atoms. The number of benzene rings is 1. The number of rotatable bonds is 9. The summed E-state index contributed by atoms with van der Waals surface area (Å²) in [6.07, 6.45) is 0.495. The minimum absolute atomic E-state index is 0.0365. The van der Waals surface area contributed by atoms with Gasteiger partial charge in [-0.2, -0.15) is 0 Å². The van der Waals surface area contributed by atoms with E-state index in [1.165, 1.54) is 0 Å². The monoisotopic (exact) mass is 390 g/mol. The van der Waals surface area contributed by atoms with Crippen LogP contribution < -0.4 is 15.6 Å². The number of halogens is 2. The van der Waals surface area contributed by atoms with Crippen molar-refractivity contribution < 1.29 is 23.9 Å². The quantitative estimate of drug-likeness (QED) is 0.384. The summed E-state index contributed by atoms with van der Waals surface area (Å²) in [6, 6.07) is 4.87. The van der Waals surface area contributed by atoms with Crippen LogP contribution in [0.5, 0.6) is 5.75 Å². The molecule has 2 N–H and O–H groups in total. The number of carbonyl (C=O) groups excluding carboxylic acids is 3. The molecule has 0 saturated carbocycles. The smallest absolute Gasteiger partial charge is 0.306 e. The summed E-state index contributed by atoms with van der Waals surface area (Å²) in [6.45, 7) is 2.23. The van der Waals surface area contributed by atoms with Gasteiger partial charge in [0.05, 0.1) is 24.7 Å². The average molecular weight is 391 g/mol. The van der Waals surface area contributed by atoms with Crippen molar-refractivity contribution in [2.45, 2.75) is 32.6 Å². The fourth-order valence-electron chi connectivity index (χ4n) is 1.72. The number of ether oxygens (including phenoxy) is 2. The lowest BCUT2D eigenvalue weighted by atomic mass is 10.3. The van der Waals surface area contributed by atoms with Crippen LogP contribution in [-0.2, 0) is 19.1 Å². The van der Waals surface area contributed by atoms with Crippen molar-refractivity contribution in [2.24, 2.45) is 0 Å². The fourth-order valence-corrected chi connectivity index (χ4v) is 2.18. The highest BCUT2D eigenvalue weighted by molar-refractivity contribution is 6.35. The summed E-state index contributed by atoms with van der Waals surface area (Å²) in [4.78, 5) is 34.1. The number of amides is 2. The van der Waals surface area contributed by atoms with E-state index in [0.29, 0.717) is 22.2 Å². The Balaban J connectivity index is 2.14. The first-order valence-corrected chi connectivity index (χ1v) is 8.49. The predicted octanol–water partition coefficient (Wildman–Crippen LogP) is 2.64. The van der Waals surface area contributed by atoms with Crippen molar-refractivity contribution in [2.75, 3.05) is 13.2 Å². The summed E-state index contributed by atoms with van der Waals surface area (Å²) >= 11 is 11.7. The third kappa shape index (κ3) is 9.16. The molecule has 1 rings (SSSR count). The van der Waals surface area contributed by atoms with Gasteiger partial charge in [-0.15, -0.1) is 0 Å². The molecule has 138 valence electrons. The molecular formula is C16H20Cl2N2O5. The Hall–Kier alpha value is -1.99. The molecular weight excluding hydrogens is 371 g/mol. The molecule has 0 aromatic heterocycles. The highest BCUT2D eigenvalue weighted by Crippen LogP contribution is 2.27. The zero-order valence-electron chi connectivity index (χ0n) is 13.8. The van der Waals surface area contributed by atoms with E-state index in [1.807, 2.05) is 0 Å². The second-order valence-corrected chi connectivity index (χ2v) is 5.77. The molecule has 0 saturated heterocycles. The number of carbonyl (C=O) groups is 3. The molecule has 7 nitrogen and oxygen atoms in total. The van der Waals surface area contributed by atoms with Crippen LogP contribution in [-0.4, -0.2) is 31.0 Å². The van der Waals surface area contributed by atoms with Crippen molar-refractivity contribution in [1.29, 1.82) is 0 Å². The largest absolute Gasteiger partial charge is 0.492 e. The molecule has 0 spiro atoms. The second-order valence-electron chi connectivity index (χ2n) is 4.93. The molecule has 0 atom stereocenters. The number of hydrazine groups is 1. The SMILES string of the molecule is CCOC(=O)CCC(=O)NNC(=O)CCCOc1ccc(Cl)cc1Cl. The van der Waals surface area contributed by atoms with E-state index in [4.69, 9.17) is 32.7 Å².